The third-order valence-corrected chi connectivity index (χ3v) is 6.22. The number of ether oxygens (including phenoxy) is 2. The molecule has 1 unspecified atom stereocenters. The van der Waals surface area contributed by atoms with Crippen LogP contribution >= 0.6 is 0 Å². The number of rotatable bonds is 12. The van der Waals surface area contributed by atoms with Gasteiger partial charge in [-0.1, -0.05) is 12.1 Å². The van der Waals surface area contributed by atoms with E-state index in [-0.39, 0.29) is 32.0 Å². The Hall–Kier alpha value is -3.89. The van der Waals surface area contributed by atoms with Crippen LogP contribution in [0.4, 0.5) is 17.6 Å². The monoisotopic (exact) mass is 512 g/mol. The molecule has 2 aromatic rings. The number of anilines is 3. The fourth-order valence-corrected chi connectivity index (χ4v) is 4.32. The second-order valence-corrected chi connectivity index (χ2v) is 8.96. The van der Waals surface area contributed by atoms with E-state index in [1.165, 1.54) is 0 Å². The van der Waals surface area contributed by atoms with Gasteiger partial charge >= 0.3 is 11.9 Å². The summed E-state index contributed by atoms with van der Waals surface area (Å²) in [7, 11) is 0. The van der Waals surface area contributed by atoms with Gasteiger partial charge in [0.05, 0.1) is 13.2 Å². The van der Waals surface area contributed by atoms with E-state index in [4.69, 9.17) is 20.9 Å². The van der Waals surface area contributed by atoms with E-state index >= 15 is 0 Å². The Morgan fingerprint density at radius 3 is 2.54 bits per heavy atom. The van der Waals surface area contributed by atoms with E-state index < -0.39 is 23.9 Å². The van der Waals surface area contributed by atoms with Crippen LogP contribution < -0.4 is 22.1 Å². The fourth-order valence-electron chi connectivity index (χ4n) is 4.32. The van der Waals surface area contributed by atoms with Crippen molar-refractivity contribution in [1.82, 2.24) is 15.3 Å². The molecule has 11 heteroatoms. The first kappa shape index (κ1) is 27.7. The number of hydrogen-bond acceptors (Lipinski definition) is 10. The zero-order chi connectivity index (χ0) is 26.8. The zero-order valence-electron chi connectivity index (χ0n) is 21.4. The SMILES string of the molecule is CCOC(=O)CC[C@H](NC(=O)c1ccc(CCCC2CNc3nc(N)nc(N)c3C2)cc1)C(=O)OCC. The zero-order valence-corrected chi connectivity index (χ0v) is 21.4. The van der Waals surface area contributed by atoms with E-state index in [1.54, 1.807) is 26.0 Å². The molecule has 2 heterocycles. The molecule has 0 radical (unpaired) electrons. The first-order valence-electron chi connectivity index (χ1n) is 12.7. The van der Waals surface area contributed by atoms with Crippen LogP contribution in [0.25, 0.3) is 0 Å². The van der Waals surface area contributed by atoms with Crippen molar-refractivity contribution in [3.63, 3.8) is 0 Å². The number of esters is 2. The molecule has 0 saturated carbocycles. The summed E-state index contributed by atoms with van der Waals surface area (Å²) in [6, 6.07) is 6.37. The molecule has 1 aliphatic heterocycles. The lowest BCUT2D eigenvalue weighted by molar-refractivity contribution is -0.146. The number of carbonyl (C=O) groups is 3. The third-order valence-electron chi connectivity index (χ3n) is 6.22. The lowest BCUT2D eigenvalue weighted by Crippen LogP contribution is -2.42. The number of fused-ring (bicyclic) bond motifs is 1. The van der Waals surface area contributed by atoms with Gasteiger partial charge in [-0.05, 0) is 69.6 Å². The number of amides is 1. The molecule has 37 heavy (non-hydrogen) atoms. The quantitative estimate of drug-likeness (QED) is 0.309. The molecule has 3 rings (SSSR count). The normalized spacial score (nSPS) is 15.1. The summed E-state index contributed by atoms with van der Waals surface area (Å²) in [4.78, 5) is 45.0. The van der Waals surface area contributed by atoms with Gasteiger partial charge < -0.3 is 31.6 Å². The van der Waals surface area contributed by atoms with E-state index in [2.05, 4.69) is 20.6 Å². The standard InChI is InChI=1S/C26H36N6O5/c1-3-36-21(33)13-12-20(25(35)37-4-2)30-24(34)18-10-8-16(9-11-18)6-5-7-17-14-19-22(27)31-26(28)32-23(19)29-15-17/h8-11,17,20H,3-7,12-15H2,1-2H3,(H,30,34)(H5,27,28,29,31,32)/t17?,20-/m0/s1. The van der Waals surface area contributed by atoms with Gasteiger partial charge in [-0.25, -0.2) is 4.79 Å². The van der Waals surface area contributed by atoms with Gasteiger partial charge in [0.15, 0.2) is 0 Å². The summed E-state index contributed by atoms with van der Waals surface area (Å²) < 4.78 is 9.96. The van der Waals surface area contributed by atoms with Crippen LogP contribution in [-0.2, 0) is 31.9 Å². The minimum Gasteiger partial charge on any atom is -0.466 e. The fraction of sp³-hybridized carbons (Fsp3) is 0.500. The maximum atomic E-state index is 12.7. The van der Waals surface area contributed by atoms with Gasteiger partial charge in [0.1, 0.15) is 17.7 Å². The summed E-state index contributed by atoms with van der Waals surface area (Å²) in [6.45, 7) is 4.64. The number of nitrogens with one attached hydrogen (secondary N) is 2. The Labute approximate surface area is 216 Å². The van der Waals surface area contributed by atoms with Crippen molar-refractivity contribution in [2.75, 3.05) is 36.5 Å². The Morgan fingerprint density at radius 2 is 1.84 bits per heavy atom. The highest BCUT2D eigenvalue weighted by molar-refractivity contribution is 5.96. The van der Waals surface area contributed by atoms with Crippen LogP contribution in [0.1, 0.15) is 61.0 Å². The number of carbonyl (C=O) groups excluding carboxylic acids is 3. The minimum atomic E-state index is -0.929. The maximum Gasteiger partial charge on any atom is 0.328 e. The number of aryl methyl sites for hydroxylation is 1. The van der Waals surface area contributed by atoms with Crippen LogP contribution in [0.15, 0.2) is 24.3 Å². The predicted octanol–water partition coefficient (Wildman–Crippen LogP) is 2.25. The molecule has 0 aliphatic carbocycles. The molecular formula is C26H36N6O5. The van der Waals surface area contributed by atoms with Crippen molar-refractivity contribution < 1.29 is 23.9 Å². The van der Waals surface area contributed by atoms with Crippen molar-refractivity contribution in [2.45, 2.75) is 58.4 Å². The highest BCUT2D eigenvalue weighted by atomic mass is 16.5. The molecule has 2 atom stereocenters. The molecule has 200 valence electrons. The van der Waals surface area contributed by atoms with Crippen LogP contribution in [0.5, 0.6) is 0 Å². The lowest BCUT2D eigenvalue weighted by Gasteiger charge is -2.26. The first-order chi connectivity index (χ1) is 17.8. The molecule has 1 aromatic carbocycles. The van der Waals surface area contributed by atoms with Gasteiger partial charge in [0.2, 0.25) is 5.95 Å². The van der Waals surface area contributed by atoms with Crippen molar-refractivity contribution in [2.24, 2.45) is 5.92 Å². The molecule has 0 bridgehead atoms. The third kappa shape index (κ3) is 8.06. The smallest absolute Gasteiger partial charge is 0.328 e. The Bertz CT molecular complexity index is 1090. The van der Waals surface area contributed by atoms with Crippen molar-refractivity contribution in [1.29, 1.82) is 0 Å². The van der Waals surface area contributed by atoms with E-state index in [1.807, 2.05) is 12.1 Å². The van der Waals surface area contributed by atoms with E-state index in [9.17, 15) is 14.4 Å². The Kier molecular flexibility index (Phi) is 10.0. The second-order valence-electron chi connectivity index (χ2n) is 8.96. The second kappa shape index (κ2) is 13.4. The number of benzene rings is 1. The molecule has 1 aliphatic rings. The van der Waals surface area contributed by atoms with Crippen LogP contribution in [0, 0.1) is 5.92 Å². The molecular weight excluding hydrogens is 476 g/mol. The van der Waals surface area contributed by atoms with Gasteiger partial charge in [0.25, 0.3) is 5.91 Å². The largest absolute Gasteiger partial charge is 0.466 e. The van der Waals surface area contributed by atoms with Crippen LogP contribution in [0.3, 0.4) is 0 Å². The number of nitrogen functional groups attached to an aromatic ring is 2. The van der Waals surface area contributed by atoms with Gasteiger partial charge in [-0.3, -0.25) is 9.59 Å². The molecule has 1 amide bonds. The molecule has 0 saturated heterocycles. The van der Waals surface area contributed by atoms with Crippen LogP contribution in [0.2, 0.25) is 0 Å². The van der Waals surface area contributed by atoms with E-state index in [0.717, 1.165) is 49.2 Å². The van der Waals surface area contributed by atoms with Crippen molar-refractivity contribution >= 4 is 35.4 Å². The first-order valence-corrected chi connectivity index (χ1v) is 12.7. The molecule has 11 nitrogen and oxygen atoms in total. The summed E-state index contributed by atoms with van der Waals surface area (Å²) in [5.74, 6) is 0.342. The minimum absolute atomic E-state index is 0.00626. The maximum absolute atomic E-state index is 12.7. The highest BCUT2D eigenvalue weighted by Gasteiger charge is 2.24. The highest BCUT2D eigenvalue weighted by Crippen LogP contribution is 2.29. The van der Waals surface area contributed by atoms with Crippen LogP contribution in [-0.4, -0.2) is 53.6 Å². The number of nitrogens with zero attached hydrogens (tertiary/aromatic N) is 2. The summed E-state index contributed by atoms with van der Waals surface area (Å²) in [5, 5.41) is 5.98. The van der Waals surface area contributed by atoms with Crippen molar-refractivity contribution in [3.8, 4) is 0 Å². The Morgan fingerprint density at radius 1 is 1.11 bits per heavy atom. The summed E-state index contributed by atoms with van der Waals surface area (Å²) >= 11 is 0. The molecule has 6 N–H and O–H groups in total. The number of hydrogen-bond donors (Lipinski definition) is 4. The number of nitrogens with two attached hydrogens (primary N) is 2. The van der Waals surface area contributed by atoms with E-state index in [0.29, 0.717) is 17.3 Å². The van der Waals surface area contributed by atoms with Gasteiger partial charge in [0, 0.05) is 24.1 Å². The lowest BCUT2D eigenvalue weighted by atomic mass is 9.90. The molecule has 0 spiro atoms. The number of aromatic nitrogens is 2. The predicted molar refractivity (Wildman–Crippen MR) is 140 cm³/mol. The molecule has 1 aromatic heterocycles. The molecule has 0 fully saturated rings. The van der Waals surface area contributed by atoms with Crippen molar-refractivity contribution in [3.05, 3.63) is 41.0 Å². The average Bonchev–Trinajstić information content (AvgIpc) is 2.87. The van der Waals surface area contributed by atoms with Gasteiger partial charge in [-0.15, -0.1) is 0 Å². The summed E-state index contributed by atoms with van der Waals surface area (Å²) in [6.07, 6.45) is 3.76. The Balaban J connectivity index is 1.49. The summed E-state index contributed by atoms with van der Waals surface area (Å²) in [5.41, 5.74) is 14.1. The topological polar surface area (TPSA) is 172 Å². The average molecular weight is 513 g/mol. The van der Waals surface area contributed by atoms with Gasteiger partial charge in [-0.2, -0.15) is 9.97 Å².